The summed E-state index contributed by atoms with van der Waals surface area (Å²) < 4.78 is 0. The second-order valence-corrected chi connectivity index (χ2v) is 4.93. The summed E-state index contributed by atoms with van der Waals surface area (Å²) in [7, 11) is 0. The predicted octanol–water partition coefficient (Wildman–Crippen LogP) is 3.07. The molecule has 5 nitrogen and oxygen atoms in total. The number of carbonyl (C=O) groups excluding carboxylic acids is 1. The van der Waals surface area contributed by atoms with E-state index in [1.807, 2.05) is 39.0 Å². The minimum Gasteiger partial charge on any atom is -0.481 e. The molecule has 2 amide bonds. The molecule has 1 aromatic carbocycles. The number of carboxylic acid groups (broad SMARTS) is 1. The topological polar surface area (TPSA) is 78.4 Å². The van der Waals surface area contributed by atoms with E-state index in [2.05, 4.69) is 10.6 Å². The highest BCUT2D eigenvalue weighted by atomic mass is 16.4. The Hall–Kier alpha value is -2.04. The second kappa shape index (κ2) is 7.53. The highest BCUT2D eigenvalue weighted by molar-refractivity contribution is 5.90. The lowest BCUT2D eigenvalue weighted by atomic mass is 10.1. The van der Waals surface area contributed by atoms with Gasteiger partial charge in [-0.2, -0.15) is 0 Å². The molecule has 0 saturated carbocycles. The van der Waals surface area contributed by atoms with Crippen molar-refractivity contribution in [3.8, 4) is 0 Å². The molecule has 0 aliphatic rings. The number of aliphatic carboxylic acids is 1. The lowest BCUT2D eigenvalue weighted by molar-refractivity contribution is -0.137. The molecule has 110 valence electrons. The van der Waals surface area contributed by atoms with Crippen molar-refractivity contribution in [2.75, 3.05) is 5.32 Å². The van der Waals surface area contributed by atoms with Gasteiger partial charge in [0.2, 0.25) is 0 Å². The second-order valence-electron chi connectivity index (χ2n) is 4.93. The molecular formula is C15H22N2O3. The summed E-state index contributed by atoms with van der Waals surface area (Å²) in [5.74, 6) is -0.907. The number of carboxylic acids is 1. The van der Waals surface area contributed by atoms with E-state index in [-0.39, 0.29) is 18.5 Å². The van der Waals surface area contributed by atoms with Crippen molar-refractivity contribution in [1.29, 1.82) is 0 Å². The normalized spacial score (nSPS) is 11.8. The molecule has 0 radical (unpaired) electrons. The van der Waals surface area contributed by atoms with Crippen molar-refractivity contribution in [3.63, 3.8) is 0 Å². The van der Waals surface area contributed by atoms with E-state index in [4.69, 9.17) is 5.11 Å². The third-order valence-corrected chi connectivity index (χ3v) is 3.25. The fourth-order valence-electron chi connectivity index (χ4n) is 2.01. The van der Waals surface area contributed by atoms with E-state index in [0.717, 1.165) is 23.2 Å². The molecule has 0 heterocycles. The van der Waals surface area contributed by atoms with Crippen LogP contribution in [-0.2, 0) is 4.79 Å². The van der Waals surface area contributed by atoms with Crippen LogP contribution in [0.5, 0.6) is 0 Å². The number of urea groups is 1. The largest absolute Gasteiger partial charge is 0.481 e. The third-order valence-electron chi connectivity index (χ3n) is 3.25. The Bertz CT molecular complexity index is 486. The molecule has 0 aromatic heterocycles. The number of carbonyl (C=O) groups is 2. The lowest BCUT2D eigenvalue weighted by Gasteiger charge is -2.17. The van der Waals surface area contributed by atoms with Gasteiger partial charge in [0.05, 0.1) is 6.42 Å². The van der Waals surface area contributed by atoms with Gasteiger partial charge in [0.15, 0.2) is 0 Å². The molecule has 20 heavy (non-hydrogen) atoms. The minimum absolute atomic E-state index is 0.0614. The predicted molar refractivity (Wildman–Crippen MR) is 79.0 cm³/mol. The number of amides is 2. The molecule has 1 aromatic rings. The van der Waals surface area contributed by atoms with Crippen molar-refractivity contribution in [2.45, 2.75) is 46.1 Å². The molecule has 1 rings (SSSR count). The van der Waals surface area contributed by atoms with Crippen molar-refractivity contribution in [1.82, 2.24) is 5.32 Å². The van der Waals surface area contributed by atoms with Crippen LogP contribution in [0.1, 0.15) is 37.3 Å². The van der Waals surface area contributed by atoms with Crippen LogP contribution >= 0.6 is 0 Å². The van der Waals surface area contributed by atoms with Crippen LogP contribution in [0.2, 0.25) is 0 Å². The number of hydrogen-bond donors (Lipinski definition) is 3. The maximum Gasteiger partial charge on any atom is 0.319 e. The van der Waals surface area contributed by atoms with E-state index in [9.17, 15) is 9.59 Å². The Balaban J connectivity index is 2.65. The fraction of sp³-hybridized carbons (Fsp3) is 0.467. The third kappa shape index (κ3) is 4.91. The summed E-state index contributed by atoms with van der Waals surface area (Å²) in [6.45, 7) is 5.87. The first-order valence-corrected chi connectivity index (χ1v) is 6.79. The summed E-state index contributed by atoms with van der Waals surface area (Å²) in [5.41, 5.74) is 2.85. The van der Waals surface area contributed by atoms with Gasteiger partial charge in [0.25, 0.3) is 0 Å². The van der Waals surface area contributed by atoms with Crippen LogP contribution in [0.3, 0.4) is 0 Å². The van der Waals surface area contributed by atoms with E-state index in [1.165, 1.54) is 0 Å². The highest BCUT2D eigenvalue weighted by Gasteiger charge is 2.15. The Kier molecular flexibility index (Phi) is 6.03. The quantitative estimate of drug-likeness (QED) is 0.748. The zero-order chi connectivity index (χ0) is 15.1. The number of benzene rings is 1. The van der Waals surface area contributed by atoms with Gasteiger partial charge >= 0.3 is 12.0 Å². The number of aryl methyl sites for hydroxylation is 1. The standard InChI is InChI=1S/C15H22N2O3/c1-4-6-12(9-14(18)19)16-15(20)17-13-8-5-7-10(2)11(13)3/h5,7-8,12H,4,6,9H2,1-3H3,(H,18,19)(H2,16,17,20). The number of rotatable bonds is 6. The SMILES string of the molecule is CCCC(CC(=O)O)NC(=O)Nc1cccc(C)c1C. The molecule has 0 spiro atoms. The summed E-state index contributed by atoms with van der Waals surface area (Å²) in [4.78, 5) is 22.7. The molecule has 1 unspecified atom stereocenters. The van der Waals surface area contributed by atoms with Crippen molar-refractivity contribution < 1.29 is 14.7 Å². The maximum atomic E-state index is 11.9. The van der Waals surface area contributed by atoms with Gasteiger partial charge in [-0.15, -0.1) is 0 Å². The number of anilines is 1. The first-order valence-electron chi connectivity index (χ1n) is 6.79. The summed E-state index contributed by atoms with van der Waals surface area (Å²) in [6, 6.07) is 4.97. The average Bonchev–Trinajstić information content (AvgIpc) is 2.34. The molecule has 1 atom stereocenters. The fourth-order valence-corrected chi connectivity index (χ4v) is 2.01. The Morgan fingerprint density at radius 1 is 1.30 bits per heavy atom. The van der Waals surface area contributed by atoms with Crippen molar-refractivity contribution >= 4 is 17.7 Å². The van der Waals surface area contributed by atoms with Gasteiger partial charge in [-0.05, 0) is 37.5 Å². The van der Waals surface area contributed by atoms with Gasteiger partial charge < -0.3 is 15.7 Å². The number of hydrogen-bond acceptors (Lipinski definition) is 2. The van der Waals surface area contributed by atoms with Gasteiger partial charge in [-0.1, -0.05) is 25.5 Å². The zero-order valence-corrected chi connectivity index (χ0v) is 12.2. The van der Waals surface area contributed by atoms with Crippen LogP contribution < -0.4 is 10.6 Å². The Morgan fingerprint density at radius 3 is 2.60 bits per heavy atom. The zero-order valence-electron chi connectivity index (χ0n) is 12.2. The van der Waals surface area contributed by atoms with Gasteiger partial charge in [0.1, 0.15) is 0 Å². The van der Waals surface area contributed by atoms with Gasteiger partial charge in [-0.25, -0.2) is 4.79 Å². The molecular weight excluding hydrogens is 256 g/mol. The average molecular weight is 278 g/mol. The van der Waals surface area contributed by atoms with Crippen LogP contribution in [0.15, 0.2) is 18.2 Å². The van der Waals surface area contributed by atoms with Crippen molar-refractivity contribution in [3.05, 3.63) is 29.3 Å². The van der Waals surface area contributed by atoms with E-state index in [1.54, 1.807) is 0 Å². The Labute approximate surface area is 119 Å². The monoisotopic (exact) mass is 278 g/mol. The molecule has 0 bridgehead atoms. The molecule has 0 aliphatic heterocycles. The molecule has 5 heteroatoms. The Morgan fingerprint density at radius 2 is 2.00 bits per heavy atom. The van der Waals surface area contributed by atoms with Crippen LogP contribution in [0.25, 0.3) is 0 Å². The highest BCUT2D eigenvalue weighted by Crippen LogP contribution is 2.17. The summed E-state index contributed by atoms with van der Waals surface area (Å²) in [6.07, 6.45) is 1.41. The van der Waals surface area contributed by atoms with E-state index in [0.29, 0.717) is 6.42 Å². The molecule has 0 aliphatic carbocycles. The summed E-state index contributed by atoms with van der Waals surface area (Å²) >= 11 is 0. The van der Waals surface area contributed by atoms with Crippen LogP contribution in [0.4, 0.5) is 10.5 Å². The molecule has 3 N–H and O–H groups in total. The molecule has 0 saturated heterocycles. The van der Waals surface area contributed by atoms with Crippen molar-refractivity contribution in [2.24, 2.45) is 0 Å². The summed E-state index contributed by atoms with van der Waals surface area (Å²) in [5, 5.41) is 14.3. The first kappa shape index (κ1) is 16.0. The first-order chi connectivity index (χ1) is 9.43. The van der Waals surface area contributed by atoms with Gasteiger partial charge in [-0.3, -0.25) is 4.79 Å². The minimum atomic E-state index is -0.907. The lowest BCUT2D eigenvalue weighted by Crippen LogP contribution is -2.39. The maximum absolute atomic E-state index is 11.9. The van der Waals surface area contributed by atoms with Crippen LogP contribution in [0, 0.1) is 13.8 Å². The molecule has 0 fully saturated rings. The van der Waals surface area contributed by atoms with E-state index < -0.39 is 5.97 Å². The van der Waals surface area contributed by atoms with Gasteiger partial charge in [0, 0.05) is 11.7 Å². The number of nitrogens with one attached hydrogen (secondary N) is 2. The van der Waals surface area contributed by atoms with E-state index >= 15 is 0 Å². The van der Waals surface area contributed by atoms with Crippen LogP contribution in [-0.4, -0.2) is 23.1 Å². The smallest absolute Gasteiger partial charge is 0.319 e.